The van der Waals surface area contributed by atoms with Crippen LogP contribution in [0.2, 0.25) is 0 Å². The van der Waals surface area contributed by atoms with Crippen molar-refractivity contribution < 1.29 is 13.0 Å². The van der Waals surface area contributed by atoms with Gasteiger partial charge in [-0.15, -0.1) is 0 Å². The van der Waals surface area contributed by atoms with Crippen molar-refractivity contribution in [1.82, 2.24) is 0 Å². The van der Waals surface area contributed by atoms with Crippen molar-refractivity contribution in [1.29, 1.82) is 0 Å². The Bertz CT molecular complexity index is 515. The third-order valence-electron chi connectivity index (χ3n) is 4.05. The summed E-state index contributed by atoms with van der Waals surface area (Å²) in [4.78, 5) is 0.0610. The maximum Gasteiger partial charge on any atom is 2.00 e. The Balaban J connectivity index is 0.00000484. The fourth-order valence-electron chi connectivity index (χ4n) is 2.76. The van der Waals surface area contributed by atoms with Gasteiger partial charge in [-0.2, -0.15) is 8.42 Å². The fraction of sp³-hybridized carbons (Fsp3) is 0.667. The summed E-state index contributed by atoms with van der Waals surface area (Å²) in [6, 6.07) is 6.73. The van der Waals surface area contributed by atoms with Gasteiger partial charge < -0.3 is 0 Å². The molecule has 0 radical (unpaired) electrons. The van der Waals surface area contributed by atoms with Gasteiger partial charge in [0.1, 0.15) is 0 Å². The molecule has 0 heterocycles. The van der Waals surface area contributed by atoms with E-state index < -0.39 is 10.1 Å². The van der Waals surface area contributed by atoms with E-state index in [4.69, 9.17) is 0 Å². The molecule has 3 nitrogen and oxygen atoms in total. The van der Waals surface area contributed by atoms with Crippen LogP contribution in [-0.4, -0.2) is 36.0 Å². The summed E-state index contributed by atoms with van der Waals surface area (Å²) in [5.74, 6) is 0. The van der Waals surface area contributed by atoms with Gasteiger partial charge in [0, 0.05) is 0 Å². The Labute approximate surface area is 158 Å². The first kappa shape index (κ1) is 22.9. The standard InChI is InChI=1S/C18H30O3S.Mg/c1-2-3-4-5-6-7-8-9-10-11-14-17-15-12-13-16-18(17)22(19,20)21;/h12-13,15-16H,2-11,14H2,1H3,(H,19,20,21);/q;+2. The molecule has 0 saturated carbocycles. The molecule has 0 bridgehead atoms. The zero-order valence-corrected chi connectivity index (χ0v) is 16.7. The van der Waals surface area contributed by atoms with E-state index in [0.29, 0.717) is 6.42 Å². The Kier molecular flexibility index (Phi) is 13.2. The van der Waals surface area contributed by atoms with Gasteiger partial charge in [0.25, 0.3) is 10.1 Å². The summed E-state index contributed by atoms with van der Waals surface area (Å²) in [6.45, 7) is 2.24. The summed E-state index contributed by atoms with van der Waals surface area (Å²) in [5.41, 5.74) is 0.726. The maximum atomic E-state index is 11.3. The van der Waals surface area contributed by atoms with Crippen LogP contribution in [0.5, 0.6) is 0 Å². The minimum atomic E-state index is -4.10. The van der Waals surface area contributed by atoms with Crippen LogP contribution in [0.4, 0.5) is 0 Å². The zero-order valence-electron chi connectivity index (χ0n) is 14.5. The summed E-state index contributed by atoms with van der Waals surface area (Å²) in [5, 5.41) is 0. The van der Waals surface area contributed by atoms with Crippen LogP contribution in [0.15, 0.2) is 29.2 Å². The normalized spacial score (nSPS) is 11.2. The monoisotopic (exact) mass is 350 g/mol. The van der Waals surface area contributed by atoms with E-state index in [0.717, 1.165) is 18.4 Å². The number of unbranched alkanes of at least 4 members (excludes halogenated alkanes) is 9. The van der Waals surface area contributed by atoms with E-state index >= 15 is 0 Å². The molecule has 0 aliphatic carbocycles. The van der Waals surface area contributed by atoms with Crippen LogP contribution in [0.1, 0.15) is 76.7 Å². The van der Waals surface area contributed by atoms with E-state index in [9.17, 15) is 13.0 Å². The quantitative estimate of drug-likeness (QED) is 0.327. The number of hydrogen-bond donors (Lipinski definition) is 1. The molecule has 1 rings (SSSR count). The number of hydrogen-bond acceptors (Lipinski definition) is 2. The Morgan fingerprint density at radius 1 is 0.826 bits per heavy atom. The molecule has 0 fully saturated rings. The number of benzene rings is 1. The second-order valence-electron chi connectivity index (χ2n) is 6.01. The minimum Gasteiger partial charge on any atom is -0.282 e. The fourth-order valence-corrected chi connectivity index (χ4v) is 3.52. The van der Waals surface area contributed by atoms with E-state index in [1.165, 1.54) is 57.4 Å². The molecule has 0 aromatic heterocycles. The predicted molar refractivity (Wildman–Crippen MR) is 97.6 cm³/mol. The molecule has 0 spiro atoms. The zero-order chi connectivity index (χ0) is 16.3. The Hall–Kier alpha value is -0.104. The maximum absolute atomic E-state index is 11.3. The molecule has 1 aromatic carbocycles. The molecular weight excluding hydrogens is 321 g/mol. The van der Waals surface area contributed by atoms with Crippen molar-refractivity contribution in [3.05, 3.63) is 29.8 Å². The third-order valence-corrected chi connectivity index (χ3v) is 5.00. The molecule has 23 heavy (non-hydrogen) atoms. The second-order valence-corrected chi connectivity index (χ2v) is 7.40. The predicted octanol–water partition coefficient (Wildman–Crippen LogP) is 5.02. The van der Waals surface area contributed by atoms with Crippen LogP contribution in [0, 0.1) is 0 Å². The van der Waals surface area contributed by atoms with Crippen LogP contribution in [0.25, 0.3) is 0 Å². The summed E-state index contributed by atoms with van der Waals surface area (Å²) in [6.07, 6.45) is 13.3. The molecule has 0 saturated heterocycles. The first-order chi connectivity index (χ1) is 10.6. The first-order valence-corrected chi connectivity index (χ1v) is 10.0. The molecule has 1 N–H and O–H groups in total. The topological polar surface area (TPSA) is 54.4 Å². The van der Waals surface area contributed by atoms with Gasteiger partial charge in [-0.1, -0.05) is 82.9 Å². The van der Waals surface area contributed by atoms with Gasteiger partial charge >= 0.3 is 23.1 Å². The van der Waals surface area contributed by atoms with Crippen LogP contribution in [0.3, 0.4) is 0 Å². The molecule has 0 unspecified atom stereocenters. The van der Waals surface area contributed by atoms with Crippen molar-refractivity contribution >= 4 is 33.2 Å². The first-order valence-electron chi connectivity index (χ1n) is 8.61. The molecule has 0 amide bonds. The van der Waals surface area contributed by atoms with E-state index in [2.05, 4.69) is 6.92 Å². The molecule has 1 aromatic rings. The molecule has 0 aliphatic rings. The van der Waals surface area contributed by atoms with E-state index in [-0.39, 0.29) is 27.9 Å². The van der Waals surface area contributed by atoms with Crippen molar-refractivity contribution in [2.75, 3.05) is 0 Å². The summed E-state index contributed by atoms with van der Waals surface area (Å²) < 4.78 is 31.8. The summed E-state index contributed by atoms with van der Waals surface area (Å²) >= 11 is 0. The van der Waals surface area contributed by atoms with Crippen LogP contribution >= 0.6 is 0 Å². The molecule has 5 heteroatoms. The van der Waals surface area contributed by atoms with E-state index in [1.807, 2.05) is 6.07 Å². The smallest absolute Gasteiger partial charge is 0.282 e. The summed E-state index contributed by atoms with van der Waals surface area (Å²) in [7, 11) is -4.10. The molecule has 0 aliphatic heterocycles. The van der Waals surface area contributed by atoms with Crippen LogP contribution in [-0.2, 0) is 16.5 Å². The van der Waals surface area contributed by atoms with Crippen molar-refractivity contribution in [2.24, 2.45) is 0 Å². The average molecular weight is 351 g/mol. The van der Waals surface area contributed by atoms with Gasteiger partial charge in [-0.25, -0.2) is 0 Å². The molecule has 0 atom stereocenters. The van der Waals surface area contributed by atoms with E-state index in [1.54, 1.807) is 12.1 Å². The van der Waals surface area contributed by atoms with Crippen molar-refractivity contribution in [3.63, 3.8) is 0 Å². The van der Waals surface area contributed by atoms with Gasteiger partial charge in [0.2, 0.25) is 0 Å². The van der Waals surface area contributed by atoms with Gasteiger partial charge in [-0.05, 0) is 24.5 Å². The third kappa shape index (κ3) is 10.4. The molecule has 126 valence electrons. The minimum absolute atomic E-state index is 0. The molecular formula is C18H30MgO3S+2. The van der Waals surface area contributed by atoms with Gasteiger partial charge in [-0.3, -0.25) is 4.55 Å². The second kappa shape index (κ2) is 13.2. The number of aryl methyl sites for hydroxylation is 1. The largest absolute Gasteiger partial charge is 2.00 e. The Morgan fingerprint density at radius 2 is 1.30 bits per heavy atom. The van der Waals surface area contributed by atoms with Crippen molar-refractivity contribution in [2.45, 2.75) is 82.4 Å². The average Bonchev–Trinajstić information content (AvgIpc) is 2.48. The van der Waals surface area contributed by atoms with Gasteiger partial charge in [0.15, 0.2) is 0 Å². The van der Waals surface area contributed by atoms with Crippen LogP contribution < -0.4 is 0 Å². The number of rotatable bonds is 12. The van der Waals surface area contributed by atoms with Crippen molar-refractivity contribution in [3.8, 4) is 0 Å². The van der Waals surface area contributed by atoms with Gasteiger partial charge in [0.05, 0.1) is 4.90 Å². The Morgan fingerprint density at radius 3 is 1.83 bits per heavy atom. The SMILES string of the molecule is CCCCCCCCCCCCc1ccccc1S(=O)(=O)O.[Mg+2].